The third-order valence-corrected chi connectivity index (χ3v) is 4.05. The lowest BCUT2D eigenvalue weighted by atomic mass is 10.2. The monoisotopic (exact) mass is 387 g/mol. The Balaban J connectivity index is 1.87. The van der Waals surface area contributed by atoms with Crippen molar-refractivity contribution in [3.63, 3.8) is 0 Å². The van der Waals surface area contributed by atoms with Crippen molar-refractivity contribution >= 4 is 28.9 Å². The highest BCUT2D eigenvalue weighted by Gasteiger charge is 2.10. The van der Waals surface area contributed by atoms with Crippen molar-refractivity contribution in [1.82, 2.24) is 0 Å². The minimum absolute atomic E-state index is 0.115. The van der Waals surface area contributed by atoms with Crippen LogP contribution < -0.4 is 19.7 Å². The van der Waals surface area contributed by atoms with Gasteiger partial charge in [0.1, 0.15) is 0 Å². The van der Waals surface area contributed by atoms with Gasteiger partial charge in [-0.1, -0.05) is 11.6 Å². The summed E-state index contributed by atoms with van der Waals surface area (Å²) in [6.45, 7) is 0.353. The summed E-state index contributed by atoms with van der Waals surface area (Å²) < 4.78 is 10.9. The molecule has 0 aliphatic heterocycles. The largest absolute Gasteiger partial charge is 0.493 e. The summed E-state index contributed by atoms with van der Waals surface area (Å²) in [4.78, 5) is 14.1. The van der Waals surface area contributed by atoms with Crippen molar-refractivity contribution in [3.05, 3.63) is 47.0 Å². The number of nitrogens with zero attached hydrogens (tertiary/aromatic N) is 2. The van der Waals surface area contributed by atoms with Gasteiger partial charge in [0.05, 0.1) is 36.7 Å². The Labute approximate surface area is 164 Å². The predicted octanol–water partition coefficient (Wildman–Crippen LogP) is 4.08. The van der Waals surface area contributed by atoms with Crippen LogP contribution in [0.15, 0.2) is 36.4 Å². The van der Waals surface area contributed by atoms with E-state index in [4.69, 9.17) is 26.3 Å². The Bertz CT molecular complexity index is 847. The normalized spacial score (nSPS) is 10.0. The fourth-order valence-electron chi connectivity index (χ4n) is 2.48. The molecule has 6 nitrogen and oxygen atoms in total. The second-order valence-corrected chi connectivity index (χ2v) is 6.47. The smallest absolute Gasteiger partial charge is 0.224 e. The summed E-state index contributed by atoms with van der Waals surface area (Å²) in [5, 5.41) is 12.4. The van der Waals surface area contributed by atoms with E-state index in [-0.39, 0.29) is 5.91 Å². The number of halogens is 1. The first-order valence-corrected chi connectivity index (χ1v) is 8.80. The number of hydrogen-bond acceptors (Lipinski definition) is 5. The van der Waals surface area contributed by atoms with Gasteiger partial charge in [0.2, 0.25) is 5.91 Å². The van der Waals surface area contributed by atoms with Gasteiger partial charge in [-0.25, -0.2) is 0 Å². The van der Waals surface area contributed by atoms with Crippen LogP contribution in [0.5, 0.6) is 11.5 Å². The molecule has 0 atom stereocenters. The average Bonchev–Trinajstić information content (AvgIpc) is 2.65. The van der Waals surface area contributed by atoms with E-state index in [1.807, 2.05) is 31.1 Å². The molecule has 0 aliphatic rings. The summed E-state index contributed by atoms with van der Waals surface area (Å²) in [6, 6.07) is 12.4. The highest BCUT2D eigenvalue weighted by atomic mass is 35.5. The molecule has 7 heteroatoms. The van der Waals surface area contributed by atoms with Gasteiger partial charge in [-0.15, -0.1) is 0 Å². The summed E-state index contributed by atoms with van der Waals surface area (Å²) in [6.07, 6.45) is 0.838. The molecule has 0 spiro atoms. The quantitative estimate of drug-likeness (QED) is 0.690. The first-order chi connectivity index (χ1) is 12.9. The van der Waals surface area contributed by atoms with Crippen LogP contribution in [-0.4, -0.2) is 33.7 Å². The molecule has 2 aromatic rings. The molecule has 1 amide bonds. The van der Waals surface area contributed by atoms with Gasteiger partial charge in [0.25, 0.3) is 0 Å². The number of nitriles is 1. The van der Waals surface area contributed by atoms with E-state index in [0.717, 1.165) is 5.69 Å². The third kappa shape index (κ3) is 5.80. The zero-order chi connectivity index (χ0) is 19.8. The van der Waals surface area contributed by atoms with Crippen LogP contribution in [-0.2, 0) is 4.79 Å². The van der Waals surface area contributed by atoms with Gasteiger partial charge in [-0.2, -0.15) is 5.26 Å². The number of amides is 1. The molecule has 142 valence electrons. The van der Waals surface area contributed by atoms with E-state index in [2.05, 4.69) is 5.32 Å². The van der Waals surface area contributed by atoms with Crippen LogP contribution in [0.25, 0.3) is 0 Å². The van der Waals surface area contributed by atoms with Crippen molar-refractivity contribution in [2.24, 2.45) is 0 Å². The van der Waals surface area contributed by atoms with Crippen molar-refractivity contribution in [3.8, 4) is 17.6 Å². The Kier molecular flexibility index (Phi) is 7.33. The summed E-state index contributed by atoms with van der Waals surface area (Å²) in [5.74, 6) is 0.922. The molecule has 0 aliphatic carbocycles. The van der Waals surface area contributed by atoms with Gasteiger partial charge in [0.15, 0.2) is 11.5 Å². The lowest BCUT2D eigenvalue weighted by Gasteiger charge is -2.18. The Hall–Kier alpha value is -2.91. The number of carbonyl (C=O) groups excluding carboxylic acids is 1. The van der Waals surface area contributed by atoms with E-state index in [1.165, 1.54) is 7.11 Å². The predicted molar refractivity (Wildman–Crippen MR) is 107 cm³/mol. The third-order valence-electron chi connectivity index (χ3n) is 3.81. The number of methoxy groups -OCH3 is 1. The van der Waals surface area contributed by atoms with Crippen LogP contribution in [0, 0.1) is 11.3 Å². The Morgan fingerprint density at radius 1 is 1.22 bits per heavy atom. The maximum absolute atomic E-state index is 12.2. The first kappa shape index (κ1) is 20.4. The van der Waals surface area contributed by atoms with Gasteiger partial charge in [-0.05, 0) is 36.8 Å². The van der Waals surface area contributed by atoms with Crippen LogP contribution in [0.1, 0.15) is 18.4 Å². The molecular weight excluding hydrogens is 366 g/mol. The topological polar surface area (TPSA) is 74.6 Å². The van der Waals surface area contributed by atoms with E-state index < -0.39 is 0 Å². The van der Waals surface area contributed by atoms with E-state index in [9.17, 15) is 4.79 Å². The van der Waals surface area contributed by atoms with E-state index >= 15 is 0 Å². The average molecular weight is 388 g/mol. The standard InChI is InChI=1S/C20H22ClN3O3/c1-24(2)17-8-7-15(21)12-16(17)23-20(25)5-4-10-27-18-9-6-14(13-22)11-19(18)26-3/h6-9,11-12H,4-5,10H2,1-3H3,(H,23,25). The fraction of sp³-hybridized carbons (Fsp3) is 0.300. The molecule has 0 heterocycles. The van der Waals surface area contributed by atoms with E-state index in [1.54, 1.807) is 30.3 Å². The molecule has 0 radical (unpaired) electrons. The van der Waals surface area contributed by atoms with Crippen LogP contribution in [0.2, 0.25) is 5.02 Å². The van der Waals surface area contributed by atoms with Crippen LogP contribution >= 0.6 is 11.6 Å². The number of nitrogens with one attached hydrogen (secondary N) is 1. The second-order valence-electron chi connectivity index (χ2n) is 6.03. The Morgan fingerprint density at radius 2 is 2.00 bits per heavy atom. The van der Waals surface area contributed by atoms with Crippen LogP contribution in [0.3, 0.4) is 0 Å². The van der Waals surface area contributed by atoms with Crippen molar-refractivity contribution in [2.75, 3.05) is 38.0 Å². The van der Waals surface area contributed by atoms with Crippen molar-refractivity contribution < 1.29 is 14.3 Å². The van der Waals surface area contributed by atoms with Gasteiger partial charge < -0.3 is 19.7 Å². The molecule has 0 fully saturated rings. The minimum atomic E-state index is -0.115. The first-order valence-electron chi connectivity index (χ1n) is 8.42. The SMILES string of the molecule is COc1cc(C#N)ccc1OCCCC(=O)Nc1cc(Cl)ccc1N(C)C. The number of hydrogen-bond donors (Lipinski definition) is 1. The molecule has 0 saturated carbocycles. The number of anilines is 2. The highest BCUT2D eigenvalue weighted by Crippen LogP contribution is 2.29. The molecule has 0 aromatic heterocycles. The Morgan fingerprint density at radius 3 is 2.67 bits per heavy atom. The molecule has 2 aromatic carbocycles. The number of carbonyl (C=O) groups is 1. The second kappa shape index (κ2) is 9.70. The zero-order valence-corrected chi connectivity index (χ0v) is 16.3. The van der Waals surface area contributed by atoms with Crippen molar-refractivity contribution in [1.29, 1.82) is 5.26 Å². The minimum Gasteiger partial charge on any atom is -0.493 e. The van der Waals surface area contributed by atoms with Gasteiger partial charge in [0, 0.05) is 31.6 Å². The molecular formula is C20H22ClN3O3. The summed E-state index contributed by atoms with van der Waals surface area (Å²) in [5.41, 5.74) is 2.05. The lowest BCUT2D eigenvalue weighted by Crippen LogP contribution is -2.17. The van der Waals surface area contributed by atoms with Crippen LogP contribution in [0.4, 0.5) is 11.4 Å². The summed E-state index contributed by atoms with van der Waals surface area (Å²) in [7, 11) is 5.32. The van der Waals surface area contributed by atoms with Crippen molar-refractivity contribution in [2.45, 2.75) is 12.8 Å². The lowest BCUT2D eigenvalue weighted by molar-refractivity contribution is -0.116. The highest BCUT2D eigenvalue weighted by molar-refractivity contribution is 6.31. The molecule has 0 saturated heterocycles. The molecule has 27 heavy (non-hydrogen) atoms. The van der Waals surface area contributed by atoms with Gasteiger partial charge in [-0.3, -0.25) is 4.79 Å². The maximum atomic E-state index is 12.2. The summed E-state index contributed by atoms with van der Waals surface area (Å²) >= 11 is 6.03. The molecule has 0 bridgehead atoms. The number of benzene rings is 2. The zero-order valence-electron chi connectivity index (χ0n) is 15.6. The number of ether oxygens (including phenoxy) is 2. The van der Waals surface area contributed by atoms with Gasteiger partial charge >= 0.3 is 0 Å². The number of rotatable bonds is 8. The fourth-order valence-corrected chi connectivity index (χ4v) is 2.65. The molecule has 2 rings (SSSR count). The maximum Gasteiger partial charge on any atom is 0.224 e. The van der Waals surface area contributed by atoms with E-state index in [0.29, 0.717) is 47.2 Å². The molecule has 0 unspecified atom stereocenters. The molecule has 1 N–H and O–H groups in total.